The van der Waals surface area contributed by atoms with E-state index in [-0.39, 0.29) is 6.10 Å². The largest absolute Gasteiger partial charge is 0.468 e. The summed E-state index contributed by atoms with van der Waals surface area (Å²) in [5, 5.41) is 14.2. The van der Waals surface area contributed by atoms with Gasteiger partial charge in [0.1, 0.15) is 5.76 Å². The van der Waals surface area contributed by atoms with E-state index in [1.54, 1.807) is 17.6 Å². The molecule has 0 aliphatic heterocycles. The third-order valence-electron chi connectivity index (χ3n) is 3.04. The van der Waals surface area contributed by atoms with E-state index in [4.69, 9.17) is 4.42 Å². The third-order valence-corrected chi connectivity index (χ3v) is 3.77. The lowest BCUT2D eigenvalue weighted by Gasteiger charge is -2.23. The van der Waals surface area contributed by atoms with Crippen molar-refractivity contribution in [2.24, 2.45) is 0 Å². The van der Waals surface area contributed by atoms with Crippen LogP contribution in [0.1, 0.15) is 31.1 Å². The monoisotopic (exact) mass is 279 g/mol. The van der Waals surface area contributed by atoms with Gasteiger partial charge in [-0.25, -0.2) is 0 Å². The van der Waals surface area contributed by atoms with Crippen molar-refractivity contribution in [3.05, 3.63) is 46.5 Å². The number of hydrogen-bond acceptors (Lipinski definition) is 4. The molecule has 2 rings (SSSR count). The summed E-state index contributed by atoms with van der Waals surface area (Å²) >= 11 is 1.71. The van der Waals surface area contributed by atoms with E-state index in [1.807, 2.05) is 12.1 Å². The van der Waals surface area contributed by atoms with Crippen LogP contribution in [0.3, 0.4) is 0 Å². The van der Waals surface area contributed by atoms with Crippen molar-refractivity contribution in [1.82, 2.24) is 4.90 Å². The molecule has 104 valence electrons. The maximum Gasteiger partial charge on any atom is 0.117 e. The zero-order valence-electron chi connectivity index (χ0n) is 11.3. The first-order valence-electron chi connectivity index (χ1n) is 6.71. The molecule has 0 saturated heterocycles. The molecule has 2 aromatic rings. The summed E-state index contributed by atoms with van der Waals surface area (Å²) in [4.78, 5) is 2.24. The normalized spacial score (nSPS) is 13.0. The summed E-state index contributed by atoms with van der Waals surface area (Å²) in [6.07, 6.45) is 3.28. The molecule has 0 unspecified atom stereocenters. The van der Waals surface area contributed by atoms with Crippen LogP contribution in [0.15, 0.2) is 39.6 Å². The summed E-state index contributed by atoms with van der Waals surface area (Å²) < 4.78 is 5.40. The van der Waals surface area contributed by atoms with Crippen molar-refractivity contribution in [3.63, 3.8) is 0 Å². The molecule has 0 aliphatic carbocycles. The van der Waals surface area contributed by atoms with Gasteiger partial charge >= 0.3 is 0 Å². The molecule has 2 aromatic heterocycles. The van der Waals surface area contributed by atoms with E-state index < -0.39 is 0 Å². The van der Waals surface area contributed by atoms with E-state index in [0.29, 0.717) is 6.54 Å². The first kappa shape index (κ1) is 14.3. The fourth-order valence-electron chi connectivity index (χ4n) is 2.17. The lowest BCUT2D eigenvalue weighted by Crippen LogP contribution is -2.31. The Hall–Kier alpha value is -1.10. The van der Waals surface area contributed by atoms with Gasteiger partial charge in [0.05, 0.1) is 18.9 Å². The second-order valence-corrected chi connectivity index (χ2v) is 5.60. The predicted octanol–water partition coefficient (Wildman–Crippen LogP) is 3.50. The van der Waals surface area contributed by atoms with Crippen LogP contribution in [-0.4, -0.2) is 22.7 Å². The maximum absolute atomic E-state index is 10.0. The van der Waals surface area contributed by atoms with Gasteiger partial charge < -0.3 is 9.52 Å². The molecule has 2 heterocycles. The number of thiophene rings is 1. The van der Waals surface area contributed by atoms with E-state index in [0.717, 1.165) is 31.7 Å². The molecule has 1 atom stereocenters. The summed E-state index contributed by atoms with van der Waals surface area (Å²) in [6, 6.07) is 6.01. The molecule has 4 heteroatoms. The Morgan fingerprint density at radius 3 is 2.89 bits per heavy atom. The van der Waals surface area contributed by atoms with Gasteiger partial charge in [-0.1, -0.05) is 13.3 Å². The lowest BCUT2D eigenvalue weighted by atomic mass is 10.2. The molecule has 0 spiro atoms. The standard InChI is InChI=1S/C15H21NO2S/c1-2-4-14(17)10-16(9-13-6-8-19-12-13)11-15-5-3-7-18-15/h3,5-8,12,14,17H,2,4,9-11H2,1H3/t14-/m1/s1. The van der Waals surface area contributed by atoms with Crippen molar-refractivity contribution in [2.75, 3.05) is 6.54 Å². The lowest BCUT2D eigenvalue weighted by molar-refractivity contribution is 0.0933. The summed E-state index contributed by atoms with van der Waals surface area (Å²) in [5.41, 5.74) is 1.29. The Kier molecular flexibility index (Phi) is 5.63. The predicted molar refractivity (Wildman–Crippen MR) is 78.1 cm³/mol. The van der Waals surface area contributed by atoms with E-state index in [2.05, 4.69) is 28.7 Å². The summed E-state index contributed by atoms with van der Waals surface area (Å²) in [5.74, 6) is 0.943. The van der Waals surface area contributed by atoms with Crippen molar-refractivity contribution in [1.29, 1.82) is 0 Å². The van der Waals surface area contributed by atoms with Gasteiger partial charge in [-0.3, -0.25) is 4.90 Å². The zero-order chi connectivity index (χ0) is 13.5. The molecular weight excluding hydrogens is 258 g/mol. The van der Waals surface area contributed by atoms with Crippen molar-refractivity contribution >= 4 is 11.3 Å². The fourth-order valence-corrected chi connectivity index (χ4v) is 2.83. The molecule has 0 radical (unpaired) electrons. The molecule has 0 saturated carbocycles. The number of rotatable bonds is 8. The Morgan fingerprint density at radius 1 is 1.37 bits per heavy atom. The van der Waals surface area contributed by atoms with Gasteiger partial charge in [0.25, 0.3) is 0 Å². The van der Waals surface area contributed by atoms with Crippen LogP contribution < -0.4 is 0 Å². The molecule has 3 nitrogen and oxygen atoms in total. The van der Waals surface area contributed by atoms with Gasteiger partial charge in [0, 0.05) is 13.1 Å². The molecule has 0 fully saturated rings. The Morgan fingerprint density at radius 2 is 2.26 bits per heavy atom. The third kappa shape index (κ3) is 4.82. The number of aliphatic hydroxyl groups excluding tert-OH is 1. The van der Waals surface area contributed by atoms with E-state index in [1.165, 1.54) is 5.56 Å². The van der Waals surface area contributed by atoms with Crippen molar-refractivity contribution < 1.29 is 9.52 Å². The fraction of sp³-hybridized carbons (Fsp3) is 0.467. The first-order chi connectivity index (χ1) is 9.28. The molecule has 0 amide bonds. The number of aliphatic hydroxyl groups is 1. The molecule has 1 N–H and O–H groups in total. The quantitative estimate of drug-likeness (QED) is 0.803. The summed E-state index contributed by atoms with van der Waals surface area (Å²) in [6.45, 7) is 4.37. The molecule has 0 aromatic carbocycles. The minimum absolute atomic E-state index is 0.265. The Labute approximate surface area is 118 Å². The highest BCUT2D eigenvalue weighted by Gasteiger charge is 2.13. The van der Waals surface area contributed by atoms with Gasteiger partial charge in [-0.2, -0.15) is 11.3 Å². The molecule has 0 aliphatic rings. The minimum Gasteiger partial charge on any atom is -0.468 e. The SMILES string of the molecule is CCC[C@@H](O)CN(Cc1ccsc1)Cc1ccco1. The average molecular weight is 279 g/mol. The first-order valence-corrected chi connectivity index (χ1v) is 7.66. The highest BCUT2D eigenvalue weighted by molar-refractivity contribution is 7.07. The van der Waals surface area contributed by atoms with Crippen LogP contribution in [0.5, 0.6) is 0 Å². The van der Waals surface area contributed by atoms with Crippen LogP contribution in [0, 0.1) is 0 Å². The highest BCUT2D eigenvalue weighted by Crippen LogP contribution is 2.14. The molecule has 0 bridgehead atoms. The topological polar surface area (TPSA) is 36.6 Å². The number of hydrogen-bond donors (Lipinski definition) is 1. The second kappa shape index (κ2) is 7.48. The second-order valence-electron chi connectivity index (χ2n) is 4.82. The smallest absolute Gasteiger partial charge is 0.117 e. The molecule has 19 heavy (non-hydrogen) atoms. The summed E-state index contributed by atoms with van der Waals surface area (Å²) in [7, 11) is 0. The van der Waals surface area contributed by atoms with Crippen molar-refractivity contribution in [2.45, 2.75) is 39.0 Å². The number of nitrogens with zero attached hydrogens (tertiary/aromatic N) is 1. The van der Waals surface area contributed by atoms with Crippen LogP contribution in [0.4, 0.5) is 0 Å². The van der Waals surface area contributed by atoms with Gasteiger partial charge in [0.2, 0.25) is 0 Å². The van der Waals surface area contributed by atoms with Gasteiger partial charge in [-0.05, 0) is 40.9 Å². The molecular formula is C15H21NO2S. The van der Waals surface area contributed by atoms with E-state index >= 15 is 0 Å². The average Bonchev–Trinajstić information content (AvgIpc) is 3.02. The maximum atomic E-state index is 10.0. The van der Waals surface area contributed by atoms with Gasteiger partial charge in [0.15, 0.2) is 0 Å². The van der Waals surface area contributed by atoms with Gasteiger partial charge in [-0.15, -0.1) is 0 Å². The van der Waals surface area contributed by atoms with Crippen LogP contribution in [0.25, 0.3) is 0 Å². The minimum atomic E-state index is -0.265. The van der Waals surface area contributed by atoms with Crippen LogP contribution in [0.2, 0.25) is 0 Å². The Balaban J connectivity index is 1.95. The van der Waals surface area contributed by atoms with Crippen molar-refractivity contribution in [3.8, 4) is 0 Å². The Bertz CT molecular complexity index is 402. The highest BCUT2D eigenvalue weighted by atomic mass is 32.1. The zero-order valence-corrected chi connectivity index (χ0v) is 12.1. The number of furan rings is 1. The van der Waals surface area contributed by atoms with Crippen LogP contribution >= 0.6 is 11.3 Å². The van der Waals surface area contributed by atoms with E-state index in [9.17, 15) is 5.11 Å². The van der Waals surface area contributed by atoms with Crippen LogP contribution in [-0.2, 0) is 13.1 Å².